The van der Waals surface area contributed by atoms with E-state index in [9.17, 15) is 0 Å². The number of nitrogens with zero attached hydrogens (tertiary/aromatic N) is 2. The third kappa shape index (κ3) is 3.80. The van der Waals surface area contributed by atoms with Gasteiger partial charge in [0, 0.05) is 64.6 Å². The van der Waals surface area contributed by atoms with Gasteiger partial charge in [0.2, 0.25) is 0 Å². The lowest BCUT2D eigenvalue weighted by Crippen LogP contribution is -2.01. The number of hydrogen-bond donors (Lipinski definition) is 0. The van der Waals surface area contributed by atoms with Crippen LogP contribution in [0.2, 0.25) is 0 Å². The van der Waals surface area contributed by atoms with Crippen LogP contribution in [-0.4, -0.2) is 9.13 Å². The Kier molecular flexibility index (Phi) is 5.63. The molecule has 0 saturated carbocycles. The zero-order valence-corrected chi connectivity index (χ0v) is 30.2. The standard InChI is InChI=1S/C48H26N2O2S2/c1-5-17-35-27(11-1)33-23-41-43(25-39(33)49(35)37-19-9-15-31-29-13-3-7-21-45(29)53-47(31)37)52-42-24-34-28-12-2-6-18-36(28)50(40(34)26-44(42)51-41)38-20-10-16-32-30-14-4-8-22-46(30)54-48(32)38/h1-26H. The highest BCUT2D eigenvalue weighted by Gasteiger charge is 2.26. The van der Waals surface area contributed by atoms with Crippen LogP contribution in [-0.2, 0) is 0 Å². The maximum atomic E-state index is 6.85. The SMILES string of the molecule is c1ccc2c(c1)sc1c(-n3c4ccccc4c4cc5c(cc43)Oc3cc4c6ccccc6n(-c6cccc7c6sc6ccccc67)c4cc3O5)cccc12. The highest BCUT2D eigenvalue weighted by atomic mass is 32.1. The van der Waals surface area contributed by atoms with Crippen LogP contribution in [0.15, 0.2) is 158 Å². The third-order valence-corrected chi connectivity index (χ3v) is 13.6. The van der Waals surface area contributed by atoms with E-state index < -0.39 is 0 Å². The third-order valence-electron chi connectivity index (χ3n) is 11.2. The predicted octanol–water partition coefficient (Wildman–Crippen LogP) is 14.5. The maximum absolute atomic E-state index is 6.85. The van der Waals surface area contributed by atoms with Gasteiger partial charge in [-0.3, -0.25) is 0 Å². The molecule has 5 heterocycles. The Labute approximate surface area is 315 Å². The van der Waals surface area contributed by atoms with Gasteiger partial charge < -0.3 is 18.6 Å². The van der Waals surface area contributed by atoms with Crippen LogP contribution in [0.3, 0.4) is 0 Å². The molecule has 252 valence electrons. The summed E-state index contributed by atoms with van der Waals surface area (Å²) in [5, 5.41) is 9.74. The van der Waals surface area contributed by atoms with Crippen molar-refractivity contribution in [2.75, 3.05) is 0 Å². The molecular formula is C48H26N2O2S2. The second-order valence-electron chi connectivity index (χ2n) is 14.0. The number of hydrogen-bond acceptors (Lipinski definition) is 4. The lowest BCUT2D eigenvalue weighted by molar-refractivity contribution is 0.361. The number of thiophene rings is 2. The van der Waals surface area contributed by atoms with Gasteiger partial charge in [0.1, 0.15) is 0 Å². The fourth-order valence-corrected chi connectivity index (χ4v) is 11.3. The average Bonchev–Trinajstić information content (AvgIpc) is 3.96. The van der Waals surface area contributed by atoms with Crippen molar-refractivity contribution in [1.82, 2.24) is 9.13 Å². The molecule has 0 bridgehead atoms. The zero-order valence-electron chi connectivity index (χ0n) is 28.5. The molecule has 0 aliphatic carbocycles. The summed E-state index contributed by atoms with van der Waals surface area (Å²) < 4.78 is 23.6. The molecule has 0 N–H and O–H groups in total. The van der Waals surface area contributed by atoms with Gasteiger partial charge in [-0.2, -0.15) is 0 Å². The predicted molar refractivity (Wildman–Crippen MR) is 227 cm³/mol. The van der Waals surface area contributed by atoms with E-state index >= 15 is 0 Å². The molecule has 12 aromatic rings. The summed E-state index contributed by atoms with van der Waals surface area (Å²) in [7, 11) is 0. The molecule has 8 aromatic carbocycles. The molecular weight excluding hydrogens is 701 g/mol. The Bertz CT molecular complexity index is 3340. The van der Waals surface area contributed by atoms with E-state index in [2.05, 4.69) is 167 Å². The molecule has 54 heavy (non-hydrogen) atoms. The number of para-hydroxylation sites is 2. The second-order valence-corrected chi connectivity index (χ2v) is 16.1. The Hall–Kier alpha value is -6.60. The van der Waals surface area contributed by atoms with Crippen LogP contribution in [0.1, 0.15) is 0 Å². The van der Waals surface area contributed by atoms with E-state index in [0.29, 0.717) is 23.0 Å². The number of fused-ring (bicyclic) bond motifs is 14. The van der Waals surface area contributed by atoms with Crippen LogP contribution in [0.4, 0.5) is 0 Å². The summed E-state index contributed by atoms with van der Waals surface area (Å²) in [6, 6.07) is 56.6. The van der Waals surface area contributed by atoms with Gasteiger partial charge in [-0.15, -0.1) is 22.7 Å². The zero-order chi connectivity index (χ0) is 35.1. The van der Waals surface area contributed by atoms with Gasteiger partial charge in [-0.25, -0.2) is 0 Å². The minimum atomic E-state index is 0.709. The highest BCUT2D eigenvalue weighted by molar-refractivity contribution is 7.26. The fourth-order valence-electron chi connectivity index (χ4n) is 8.84. The van der Waals surface area contributed by atoms with Crippen LogP contribution in [0.5, 0.6) is 23.0 Å². The second kappa shape index (κ2) is 10.5. The lowest BCUT2D eigenvalue weighted by Gasteiger charge is -2.22. The molecule has 0 amide bonds. The van der Waals surface area contributed by atoms with Gasteiger partial charge in [0.25, 0.3) is 0 Å². The Balaban J connectivity index is 1.03. The van der Waals surface area contributed by atoms with E-state index in [-0.39, 0.29) is 0 Å². The summed E-state index contributed by atoms with van der Waals surface area (Å²) in [5.41, 5.74) is 6.81. The number of ether oxygens (including phenoxy) is 2. The van der Waals surface area contributed by atoms with E-state index in [4.69, 9.17) is 9.47 Å². The van der Waals surface area contributed by atoms with Gasteiger partial charge in [0.05, 0.1) is 42.8 Å². The molecule has 0 unspecified atom stereocenters. The molecule has 0 spiro atoms. The minimum absolute atomic E-state index is 0.709. The molecule has 0 fully saturated rings. The largest absolute Gasteiger partial charge is 0.449 e. The molecule has 0 radical (unpaired) electrons. The molecule has 6 heteroatoms. The first kappa shape index (κ1) is 28.9. The molecule has 1 aliphatic heterocycles. The van der Waals surface area contributed by atoms with Crippen molar-refractivity contribution >= 4 is 107 Å². The normalized spacial score (nSPS) is 12.7. The van der Waals surface area contributed by atoms with E-state index in [1.165, 1.54) is 62.5 Å². The van der Waals surface area contributed by atoms with Gasteiger partial charge in [-0.1, -0.05) is 97.1 Å². The topological polar surface area (TPSA) is 28.3 Å². The maximum Gasteiger partial charge on any atom is 0.172 e. The lowest BCUT2D eigenvalue weighted by atomic mass is 10.1. The molecule has 0 saturated heterocycles. The molecule has 4 nitrogen and oxygen atoms in total. The Morgan fingerprint density at radius 3 is 1.19 bits per heavy atom. The molecule has 4 aromatic heterocycles. The van der Waals surface area contributed by atoms with Crippen LogP contribution < -0.4 is 9.47 Å². The number of aromatic nitrogens is 2. The highest BCUT2D eigenvalue weighted by Crippen LogP contribution is 2.52. The number of rotatable bonds is 2. The Morgan fingerprint density at radius 1 is 0.315 bits per heavy atom. The Morgan fingerprint density at radius 2 is 0.704 bits per heavy atom. The summed E-state index contributed by atoms with van der Waals surface area (Å²) in [5.74, 6) is 2.85. The molecule has 0 atom stereocenters. The van der Waals surface area contributed by atoms with Crippen molar-refractivity contribution in [3.8, 4) is 34.4 Å². The van der Waals surface area contributed by atoms with Crippen LogP contribution in [0, 0.1) is 0 Å². The van der Waals surface area contributed by atoms with Crippen molar-refractivity contribution in [3.63, 3.8) is 0 Å². The van der Waals surface area contributed by atoms with Crippen LogP contribution >= 0.6 is 22.7 Å². The monoisotopic (exact) mass is 726 g/mol. The van der Waals surface area contributed by atoms with E-state index in [0.717, 1.165) is 32.8 Å². The number of benzene rings is 8. The van der Waals surface area contributed by atoms with Crippen molar-refractivity contribution in [1.29, 1.82) is 0 Å². The molecule has 1 aliphatic rings. The van der Waals surface area contributed by atoms with Crippen molar-refractivity contribution in [2.24, 2.45) is 0 Å². The average molecular weight is 727 g/mol. The summed E-state index contributed by atoms with van der Waals surface area (Å²) in [6.45, 7) is 0. The first-order valence-corrected chi connectivity index (χ1v) is 19.7. The minimum Gasteiger partial charge on any atom is -0.449 e. The first-order chi connectivity index (χ1) is 26.8. The van der Waals surface area contributed by atoms with Gasteiger partial charge in [-0.05, 0) is 48.5 Å². The van der Waals surface area contributed by atoms with Crippen molar-refractivity contribution < 1.29 is 9.47 Å². The summed E-state index contributed by atoms with van der Waals surface area (Å²) in [4.78, 5) is 0. The first-order valence-electron chi connectivity index (χ1n) is 18.1. The van der Waals surface area contributed by atoms with Gasteiger partial charge in [0.15, 0.2) is 23.0 Å². The van der Waals surface area contributed by atoms with Crippen LogP contribution in [0.25, 0.3) is 95.3 Å². The summed E-state index contributed by atoms with van der Waals surface area (Å²) in [6.07, 6.45) is 0. The van der Waals surface area contributed by atoms with E-state index in [1.807, 2.05) is 22.7 Å². The summed E-state index contributed by atoms with van der Waals surface area (Å²) >= 11 is 3.70. The van der Waals surface area contributed by atoms with Crippen molar-refractivity contribution in [3.05, 3.63) is 158 Å². The van der Waals surface area contributed by atoms with Gasteiger partial charge >= 0.3 is 0 Å². The van der Waals surface area contributed by atoms with Crippen molar-refractivity contribution in [2.45, 2.75) is 0 Å². The quantitative estimate of drug-likeness (QED) is 0.177. The smallest absolute Gasteiger partial charge is 0.172 e. The molecule has 13 rings (SSSR count). The fraction of sp³-hybridized carbons (Fsp3) is 0. The van der Waals surface area contributed by atoms with E-state index in [1.54, 1.807) is 0 Å².